The number of nitrogens with zero attached hydrogens (tertiary/aromatic N) is 2. The van der Waals surface area contributed by atoms with Crippen LogP contribution < -0.4 is 10.9 Å². The van der Waals surface area contributed by atoms with Crippen molar-refractivity contribution in [3.63, 3.8) is 0 Å². The Labute approximate surface area is 157 Å². The van der Waals surface area contributed by atoms with Crippen LogP contribution in [0.1, 0.15) is 15.9 Å². The monoisotopic (exact) mass is 379 g/mol. The second-order valence-electron chi connectivity index (χ2n) is 5.99. The standard InChI is InChI=1S/C20H14FN3O2S/c1-12-4-2-3-5-16(12)23-18(25)15-10-22-20-24(19(15)26)17(11-27-20)13-6-8-14(21)9-7-13/h2-11H,1H3,(H,23,25). The Morgan fingerprint density at radius 3 is 2.63 bits per heavy atom. The summed E-state index contributed by atoms with van der Waals surface area (Å²) in [6, 6.07) is 13.1. The Hall–Kier alpha value is -3.32. The SMILES string of the molecule is Cc1ccccc1NC(=O)c1cnc2scc(-c3ccc(F)cc3)n2c1=O. The Morgan fingerprint density at radius 1 is 1.15 bits per heavy atom. The van der Waals surface area contributed by atoms with Crippen LogP contribution in [0.4, 0.5) is 10.1 Å². The lowest BCUT2D eigenvalue weighted by Gasteiger charge is -2.08. The molecule has 0 unspecified atom stereocenters. The van der Waals surface area contributed by atoms with Crippen LogP contribution in [0.25, 0.3) is 16.2 Å². The van der Waals surface area contributed by atoms with Crippen molar-refractivity contribution in [3.8, 4) is 11.3 Å². The number of fused-ring (bicyclic) bond motifs is 1. The second kappa shape index (κ2) is 6.77. The first-order valence-electron chi connectivity index (χ1n) is 8.17. The number of aryl methyl sites for hydroxylation is 1. The fourth-order valence-electron chi connectivity index (χ4n) is 2.77. The van der Waals surface area contributed by atoms with Crippen LogP contribution in [0, 0.1) is 12.7 Å². The van der Waals surface area contributed by atoms with Crippen molar-refractivity contribution in [2.24, 2.45) is 0 Å². The maximum atomic E-state index is 13.2. The predicted molar refractivity (Wildman–Crippen MR) is 104 cm³/mol. The molecule has 1 amide bonds. The molecule has 0 saturated heterocycles. The first-order chi connectivity index (χ1) is 13.0. The molecule has 5 nitrogen and oxygen atoms in total. The molecule has 2 heterocycles. The summed E-state index contributed by atoms with van der Waals surface area (Å²) in [6.45, 7) is 1.87. The van der Waals surface area contributed by atoms with Crippen LogP contribution in [0.5, 0.6) is 0 Å². The van der Waals surface area contributed by atoms with E-state index in [0.717, 1.165) is 5.56 Å². The average molecular weight is 379 g/mol. The molecule has 7 heteroatoms. The number of halogens is 1. The number of anilines is 1. The van der Waals surface area contributed by atoms with Crippen molar-refractivity contribution in [2.45, 2.75) is 6.92 Å². The van der Waals surface area contributed by atoms with Gasteiger partial charge in [-0.05, 0) is 48.4 Å². The summed E-state index contributed by atoms with van der Waals surface area (Å²) in [5.41, 5.74) is 2.24. The number of aromatic nitrogens is 2. The van der Waals surface area contributed by atoms with Crippen LogP contribution in [0.15, 0.2) is 64.9 Å². The minimum atomic E-state index is -0.521. The lowest BCUT2D eigenvalue weighted by molar-refractivity contribution is 0.102. The fourth-order valence-corrected chi connectivity index (χ4v) is 3.63. The summed E-state index contributed by atoms with van der Waals surface area (Å²) in [5, 5.41) is 4.52. The van der Waals surface area contributed by atoms with Crippen LogP contribution in [-0.2, 0) is 0 Å². The summed E-state index contributed by atoms with van der Waals surface area (Å²) < 4.78 is 14.6. The van der Waals surface area contributed by atoms with Gasteiger partial charge in [-0.25, -0.2) is 9.37 Å². The molecular formula is C20H14FN3O2S. The van der Waals surface area contributed by atoms with Crippen LogP contribution >= 0.6 is 11.3 Å². The summed E-state index contributed by atoms with van der Waals surface area (Å²) in [4.78, 5) is 30.3. The van der Waals surface area contributed by atoms with Crippen molar-refractivity contribution in [3.05, 3.63) is 87.4 Å². The molecular weight excluding hydrogens is 365 g/mol. The van der Waals surface area contributed by atoms with E-state index in [1.807, 2.05) is 25.1 Å². The molecule has 2 aromatic heterocycles. The Morgan fingerprint density at radius 2 is 1.89 bits per heavy atom. The van der Waals surface area contributed by atoms with Gasteiger partial charge < -0.3 is 5.32 Å². The van der Waals surface area contributed by atoms with E-state index >= 15 is 0 Å². The van der Waals surface area contributed by atoms with Gasteiger partial charge in [-0.3, -0.25) is 14.0 Å². The van der Waals surface area contributed by atoms with Gasteiger partial charge in [-0.1, -0.05) is 18.2 Å². The molecule has 0 spiro atoms. The van der Waals surface area contributed by atoms with Crippen LogP contribution in [0.2, 0.25) is 0 Å². The zero-order valence-electron chi connectivity index (χ0n) is 14.3. The lowest BCUT2D eigenvalue weighted by Crippen LogP contribution is -2.26. The number of para-hydroxylation sites is 1. The third-order valence-corrected chi connectivity index (χ3v) is 5.06. The molecule has 134 valence electrons. The highest BCUT2D eigenvalue weighted by molar-refractivity contribution is 7.15. The molecule has 0 radical (unpaired) electrons. The first kappa shape index (κ1) is 17.1. The highest BCUT2D eigenvalue weighted by Crippen LogP contribution is 2.24. The van der Waals surface area contributed by atoms with Gasteiger partial charge in [0, 0.05) is 17.3 Å². The number of carbonyl (C=O) groups excluding carboxylic acids is 1. The van der Waals surface area contributed by atoms with E-state index in [1.54, 1.807) is 23.6 Å². The number of nitrogens with one attached hydrogen (secondary N) is 1. The summed E-state index contributed by atoms with van der Waals surface area (Å²) in [7, 11) is 0. The van der Waals surface area contributed by atoms with E-state index in [-0.39, 0.29) is 11.4 Å². The van der Waals surface area contributed by atoms with Gasteiger partial charge in [-0.2, -0.15) is 0 Å². The highest BCUT2D eigenvalue weighted by Gasteiger charge is 2.17. The van der Waals surface area contributed by atoms with E-state index in [9.17, 15) is 14.0 Å². The molecule has 0 fully saturated rings. The van der Waals surface area contributed by atoms with Crippen molar-refractivity contribution in [2.75, 3.05) is 5.32 Å². The maximum Gasteiger partial charge on any atom is 0.271 e. The normalized spacial score (nSPS) is 10.9. The number of benzene rings is 2. The minimum Gasteiger partial charge on any atom is -0.322 e. The number of thiazole rings is 1. The lowest BCUT2D eigenvalue weighted by atomic mass is 10.1. The largest absolute Gasteiger partial charge is 0.322 e. The zero-order chi connectivity index (χ0) is 19.0. The third kappa shape index (κ3) is 3.13. The average Bonchev–Trinajstić information content (AvgIpc) is 3.09. The maximum absolute atomic E-state index is 13.2. The predicted octanol–water partition coefficient (Wildman–Crippen LogP) is 4.12. The second-order valence-corrected chi connectivity index (χ2v) is 6.83. The van der Waals surface area contributed by atoms with Crippen molar-refractivity contribution in [1.29, 1.82) is 0 Å². The van der Waals surface area contributed by atoms with Gasteiger partial charge in [0.05, 0.1) is 5.69 Å². The number of rotatable bonds is 3. The topological polar surface area (TPSA) is 63.5 Å². The van der Waals surface area contributed by atoms with Crippen molar-refractivity contribution < 1.29 is 9.18 Å². The molecule has 0 bridgehead atoms. The first-order valence-corrected chi connectivity index (χ1v) is 9.05. The van der Waals surface area contributed by atoms with E-state index < -0.39 is 11.5 Å². The Balaban J connectivity index is 1.79. The zero-order valence-corrected chi connectivity index (χ0v) is 15.1. The molecule has 0 aliphatic rings. The van der Waals surface area contributed by atoms with Gasteiger partial charge in [0.15, 0.2) is 4.96 Å². The van der Waals surface area contributed by atoms with Gasteiger partial charge >= 0.3 is 0 Å². The van der Waals surface area contributed by atoms with Crippen LogP contribution in [-0.4, -0.2) is 15.3 Å². The number of hydrogen-bond acceptors (Lipinski definition) is 4. The summed E-state index contributed by atoms with van der Waals surface area (Å²) in [5.74, 6) is -0.880. The molecule has 27 heavy (non-hydrogen) atoms. The smallest absolute Gasteiger partial charge is 0.271 e. The summed E-state index contributed by atoms with van der Waals surface area (Å²) >= 11 is 1.28. The number of carbonyl (C=O) groups is 1. The van der Waals surface area contributed by atoms with Crippen LogP contribution in [0.3, 0.4) is 0 Å². The molecule has 4 aromatic rings. The minimum absolute atomic E-state index is 0.0579. The van der Waals surface area contributed by atoms with E-state index in [1.165, 1.54) is 34.1 Å². The van der Waals surface area contributed by atoms with Gasteiger partial charge in [0.25, 0.3) is 11.5 Å². The molecule has 2 aromatic carbocycles. The van der Waals surface area contributed by atoms with E-state index in [0.29, 0.717) is 21.9 Å². The van der Waals surface area contributed by atoms with Gasteiger partial charge in [0.2, 0.25) is 0 Å². The Bertz CT molecular complexity index is 1210. The number of hydrogen-bond donors (Lipinski definition) is 1. The molecule has 0 atom stereocenters. The fraction of sp³-hybridized carbons (Fsp3) is 0.0500. The third-order valence-electron chi connectivity index (χ3n) is 4.22. The Kier molecular flexibility index (Phi) is 4.29. The molecule has 0 aliphatic carbocycles. The molecule has 1 N–H and O–H groups in total. The molecule has 4 rings (SSSR count). The van der Waals surface area contributed by atoms with E-state index in [4.69, 9.17) is 0 Å². The molecule has 0 aliphatic heterocycles. The van der Waals surface area contributed by atoms with Gasteiger partial charge in [0.1, 0.15) is 11.4 Å². The van der Waals surface area contributed by atoms with Crippen molar-refractivity contribution >= 4 is 27.9 Å². The van der Waals surface area contributed by atoms with E-state index in [2.05, 4.69) is 10.3 Å². The van der Waals surface area contributed by atoms with Crippen molar-refractivity contribution in [1.82, 2.24) is 9.38 Å². The summed E-state index contributed by atoms with van der Waals surface area (Å²) in [6.07, 6.45) is 1.29. The molecule has 0 saturated carbocycles. The van der Waals surface area contributed by atoms with Gasteiger partial charge in [-0.15, -0.1) is 11.3 Å². The quantitative estimate of drug-likeness (QED) is 0.582. The highest BCUT2D eigenvalue weighted by atomic mass is 32.1. The number of amides is 1.